The van der Waals surface area contributed by atoms with E-state index < -0.39 is 17.4 Å². The molecule has 1 aromatic heterocycles. The summed E-state index contributed by atoms with van der Waals surface area (Å²) in [7, 11) is 3.03. The van der Waals surface area contributed by atoms with Gasteiger partial charge in [0.1, 0.15) is 28.7 Å². The molecule has 1 spiro atoms. The lowest BCUT2D eigenvalue weighted by atomic mass is 9.82. The Labute approximate surface area is 272 Å². The van der Waals surface area contributed by atoms with E-state index in [1.807, 2.05) is 45.3 Å². The van der Waals surface area contributed by atoms with E-state index in [1.54, 1.807) is 27.9 Å². The number of ketones is 1. The van der Waals surface area contributed by atoms with Gasteiger partial charge in [-0.15, -0.1) is 0 Å². The van der Waals surface area contributed by atoms with E-state index in [-0.39, 0.29) is 23.7 Å². The molecular formula is C36H36FN3O7. The molecule has 3 heterocycles. The normalized spacial score (nSPS) is 15.2. The van der Waals surface area contributed by atoms with Gasteiger partial charge in [-0.2, -0.15) is 5.10 Å². The van der Waals surface area contributed by atoms with Crippen molar-refractivity contribution in [3.05, 3.63) is 83.4 Å². The highest BCUT2D eigenvalue weighted by Gasteiger charge is 2.44. The Morgan fingerprint density at radius 2 is 1.64 bits per heavy atom. The summed E-state index contributed by atoms with van der Waals surface area (Å²) in [6.07, 6.45) is 4.89. The van der Waals surface area contributed by atoms with Crippen molar-refractivity contribution in [2.45, 2.75) is 38.7 Å². The van der Waals surface area contributed by atoms with Crippen molar-refractivity contribution in [3.63, 3.8) is 0 Å². The summed E-state index contributed by atoms with van der Waals surface area (Å²) in [5.41, 5.74) is 2.80. The zero-order valence-electron chi connectivity index (χ0n) is 26.8. The SMILES string of the molecule is CCOc1cc(C(=O)N2CCC3(CC2)CC(=O)c2cc(-c4cnn(C)c4)ccc2O3)cc(OCC)c1-c1ccc(F)c(C(=O)OC)c1. The van der Waals surface area contributed by atoms with Crippen LogP contribution in [0.15, 0.2) is 60.9 Å². The van der Waals surface area contributed by atoms with Gasteiger partial charge in [0.2, 0.25) is 0 Å². The van der Waals surface area contributed by atoms with Gasteiger partial charge >= 0.3 is 5.97 Å². The number of hydrogen-bond donors (Lipinski definition) is 0. The number of nitrogens with zero attached hydrogens (tertiary/aromatic N) is 3. The highest BCUT2D eigenvalue weighted by Crippen LogP contribution is 2.43. The lowest BCUT2D eigenvalue weighted by Crippen LogP contribution is -2.52. The zero-order chi connectivity index (χ0) is 33.3. The molecule has 47 heavy (non-hydrogen) atoms. The van der Waals surface area contributed by atoms with Crippen LogP contribution in [0.3, 0.4) is 0 Å². The number of Topliss-reactive ketones (excluding diaryl/α,β-unsaturated/α-hetero) is 1. The Morgan fingerprint density at radius 1 is 0.957 bits per heavy atom. The maximum absolute atomic E-state index is 14.5. The largest absolute Gasteiger partial charge is 0.493 e. The lowest BCUT2D eigenvalue weighted by molar-refractivity contribution is -0.00573. The number of fused-ring (bicyclic) bond motifs is 1. The van der Waals surface area contributed by atoms with Crippen LogP contribution in [0.5, 0.6) is 17.2 Å². The molecule has 2 aliphatic rings. The number of piperidine rings is 1. The van der Waals surface area contributed by atoms with Crippen LogP contribution >= 0.6 is 0 Å². The van der Waals surface area contributed by atoms with Crippen molar-refractivity contribution >= 4 is 17.7 Å². The fraction of sp³-hybridized carbons (Fsp3) is 0.333. The maximum atomic E-state index is 14.5. The van der Waals surface area contributed by atoms with Gasteiger partial charge in [-0.05, 0) is 61.4 Å². The van der Waals surface area contributed by atoms with Crippen molar-refractivity contribution in [2.24, 2.45) is 7.05 Å². The Morgan fingerprint density at radius 3 is 2.26 bits per heavy atom. The Hall–Kier alpha value is -5.19. The van der Waals surface area contributed by atoms with Crippen LogP contribution in [0.4, 0.5) is 4.39 Å². The first-order valence-electron chi connectivity index (χ1n) is 15.6. The molecule has 4 aromatic rings. The van der Waals surface area contributed by atoms with Crippen molar-refractivity contribution < 1.29 is 37.7 Å². The maximum Gasteiger partial charge on any atom is 0.340 e. The molecule has 1 saturated heterocycles. The lowest BCUT2D eigenvalue weighted by Gasteiger charge is -2.44. The molecule has 0 saturated carbocycles. The van der Waals surface area contributed by atoms with Crippen LogP contribution in [-0.2, 0) is 11.8 Å². The minimum Gasteiger partial charge on any atom is -0.493 e. The number of carbonyl (C=O) groups excluding carboxylic acids is 3. The molecule has 3 aromatic carbocycles. The van der Waals surface area contributed by atoms with Gasteiger partial charge in [0, 0.05) is 50.3 Å². The number of aromatic nitrogens is 2. The van der Waals surface area contributed by atoms with Crippen molar-refractivity contribution in [1.29, 1.82) is 0 Å². The van der Waals surface area contributed by atoms with Gasteiger partial charge in [-0.3, -0.25) is 14.3 Å². The van der Waals surface area contributed by atoms with Crippen LogP contribution in [-0.4, -0.2) is 71.4 Å². The quantitative estimate of drug-likeness (QED) is 0.212. The first-order valence-corrected chi connectivity index (χ1v) is 15.6. The number of benzene rings is 3. The number of hydrogen-bond acceptors (Lipinski definition) is 8. The fourth-order valence-corrected chi connectivity index (χ4v) is 6.31. The van der Waals surface area contributed by atoms with Crippen molar-refractivity contribution in [2.75, 3.05) is 33.4 Å². The summed E-state index contributed by atoms with van der Waals surface area (Å²) in [4.78, 5) is 41.2. The second-order valence-corrected chi connectivity index (χ2v) is 11.7. The van der Waals surface area contributed by atoms with E-state index in [2.05, 4.69) is 5.10 Å². The fourth-order valence-electron chi connectivity index (χ4n) is 6.31. The number of carbonyl (C=O) groups is 3. The van der Waals surface area contributed by atoms with Gasteiger partial charge < -0.3 is 23.8 Å². The number of rotatable bonds is 8. The minimum absolute atomic E-state index is 0.0196. The minimum atomic E-state index is -0.809. The molecule has 0 aliphatic carbocycles. The third-order valence-electron chi connectivity index (χ3n) is 8.66. The molecule has 0 radical (unpaired) electrons. The average Bonchev–Trinajstić information content (AvgIpc) is 3.51. The van der Waals surface area contributed by atoms with Crippen molar-refractivity contribution in [3.8, 4) is 39.5 Å². The van der Waals surface area contributed by atoms with E-state index in [4.69, 9.17) is 18.9 Å². The summed E-state index contributed by atoms with van der Waals surface area (Å²) in [5, 5.41) is 4.22. The van der Waals surface area contributed by atoms with E-state index in [0.29, 0.717) is 78.6 Å². The number of amides is 1. The summed E-state index contributed by atoms with van der Waals surface area (Å²) >= 11 is 0. The summed E-state index contributed by atoms with van der Waals surface area (Å²) < 4.78 is 39.3. The molecule has 0 unspecified atom stereocenters. The molecule has 1 fully saturated rings. The molecule has 11 heteroatoms. The zero-order valence-corrected chi connectivity index (χ0v) is 26.8. The third-order valence-corrected chi connectivity index (χ3v) is 8.66. The molecule has 6 rings (SSSR count). The van der Waals surface area contributed by atoms with Gasteiger partial charge in [-0.25, -0.2) is 9.18 Å². The predicted octanol–water partition coefficient (Wildman–Crippen LogP) is 6.12. The second kappa shape index (κ2) is 12.9. The Kier molecular flexibility index (Phi) is 8.72. The molecule has 0 bridgehead atoms. The molecule has 0 atom stereocenters. The predicted molar refractivity (Wildman–Crippen MR) is 172 cm³/mol. The number of halogens is 1. The Balaban J connectivity index is 1.23. The van der Waals surface area contributed by atoms with E-state index >= 15 is 0 Å². The van der Waals surface area contributed by atoms with Gasteiger partial charge in [0.15, 0.2) is 5.78 Å². The molecule has 0 N–H and O–H groups in total. The highest BCUT2D eigenvalue weighted by atomic mass is 19.1. The van der Waals surface area contributed by atoms with Crippen LogP contribution in [0.2, 0.25) is 0 Å². The van der Waals surface area contributed by atoms with Gasteiger partial charge in [-0.1, -0.05) is 12.1 Å². The smallest absolute Gasteiger partial charge is 0.340 e. The van der Waals surface area contributed by atoms with Crippen LogP contribution in [0, 0.1) is 5.82 Å². The van der Waals surface area contributed by atoms with E-state index in [0.717, 1.165) is 11.1 Å². The van der Waals surface area contributed by atoms with E-state index in [1.165, 1.54) is 25.3 Å². The average molecular weight is 642 g/mol. The summed E-state index contributed by atoms with van der Waals surface area (Å²) in [5.74, 6) is -0.438. The second-order valence-electron chi connectivity index (χ2n) is 11.7. The number of methoxy groups -OCH3 is 1. The van der Waals surface area contributed by atoms with Gasteiger partial charge in [0.05, 0.1) is 49.6 Å². The standard InChI is InChI=1S/C36H36FN3O7/c1-5-45-31-17-24(18-32(46-6-2)33(31)23-7-9-28(37)26(16-23)35(43)44-4)34(42)40-13-11-36(12-14-40)19-29(41)27-15-22(8-10-30(27)47-36)25-20-38-39(3)21-25/h7-10,15-18,20-21H,5-6,11-14,19H2,1-4H3. The number of likely N-dealkylation sites (tertiary alicyclic amines) is 1. The molecule has 10 nitrogen and oxygen atoms in total. The van der Waals surface area contributed by atoms with Crippen molar-refractivity contribution in [1.82, 2.24) is 14.7 Å². The summed E-state index contributed by atoms with van der Waals surface area (Å²) in [6, 6.07) is 13.0. The number of esters is 1. The molecule has 1 amide bonds. The van der Waals surface area contributed by atoms with Crippen LogP contribution in [0.25, 0.3) is 22.3 Å². The molecule has 244 valence electrons. The van der Waals surface area contributed by atoms with Crippen LogP contribution in [0.1, 0.15) is 64.2 Å². The number of aryl methyl sites for hydroxylation is 1. The third kappa shape index (κ3) is 6.17. The monoisotopic (exact) mass is 641 g/mol. The Bertz CT molecular complexity index is 1830. The number of ether oxygens (including phenoxy) is 4. The van der Waals surface area contributed by atoms with Gasteiger partial charge in [0.25, 0.3) is 5.91 Å². The van der Waals surface area contributed by atoms with Crippen LogP contribution < -0.4 is 14.2 Å². The first-order chi connectivity index (χ1) is 22.6. The topological polar surface area (TPSA) is 109 Å². The first kappa shape index (κ1) is 31.8. The highest BCUT2D eigenvalue weighted by molar-refractivity contribution is 6.02. The molecule has 2 aliphatic heterocycles. The molecular weight excluding hydrogens is 605 g/mol. The summed E-state index contributed by atoms with van der Waals surface area (Å²) in [6.45, 7) is 5.01. The van der Waals surface area contributed by atoms with E-state index in [9.17, 15) is 18.8 Å².